The lowest BCUT2D eigenvalue weighted by Gasteiger charge is -2.15. The number of anilines is 1. The first-order chi connectivity index (χ1) is 18.4. The van der Waals surface area contributed by atoms with E-state index in [9.17, 15) is 4.39 Å². The van der Waals surface area contributed by atoms with E-state index < -0.39 is 5.82 Å². The zero-order chi connectivity index (χ0) is 26.8. The van der Waals surface area contributed by atoms with Crippen LogP contribution in [0, 0.1) is 5.82 Å². The summed E-state index contributed by atoms with van der Waals surface area (Å²) in [6.45, 7) is 0.668. The number of thiocarbonyl (C=S) groups is 1. The van der Waals surface area contributed by atoms with Gasteiger partial charge in [-0.1, -0.05) is 23.8 Å². The number of rotatable bonds is 9. The van der Waals surface area contributed by atoms with Crippen LogP contribution in [0.15, 0.2) is 60.3 Å². The third-order valence-electron chi connectivity index (χ3n) is 6.67. The highest BCUT2D eigenvalue weighted by molar-refractivity contribution is 7.81. The fourth-order valence-electron chi connectivity index (χ4n) is 4.73. The van der Waals surface area contributed by atoms with Crippen molar-refractivity contribution in [2.24, 2.45) is 0 Å². The van der Waals surface area contributed by atoms with Crippen LogP contribution in [0.5, 0.6) is 17.2 Å². The van der Waals surface area contributed by atoms with Crippen LogP contribution >= 0.6 is 23.8 Å². The molecule has 0 bridgehead atoms. The number of aromatic amines is 1. The number of fused-ring (bicyclic) bond motifs is 2. The summed E-state index contributed by atoms with van der Waals surface area (Å²) in [5, 5.41) is 8.00. The van der Waals surface area contributed by atoms with Gasteiger partial charge in [-0.25, -0.2) is 4.39 Å². The molecule has 0 aliphatic heterocycles. The number of halogens is 2. The van der Waals surface area contributed by atoms with E-state index in [0.29, 0.717) is 35.1 Å². The van der Waals surface area contributed by atoms with Crippen LogP contribution in [0.3, 0.4) is 0 Å². The van der Waals surface area contributed by atoms with Crippen LogP contribution in [0.25, 0.3) is 16.6 Å². The predicted octanol–water partition coefficient (Wildman–Crippen LogP) is 6.53. The van der Waals surface area contributed by atoms with Crippen molar-refractivity contribution in [3.8, 4) is 17.2 Å². The number of ether oxygens (including phenoxy) is 3. The number of nitrogens with one attached hydrogen (secondary N) is 3. The molecule has 0 amide bonds. The van der Waals surface area contributed by atoms with E-state index in [1.165, 1.54) is 17.7 Å². The second-order valence-electron chi connectivity index (χ2n) is 8.88. The molecular formula is C29H27ClFN3O3S. The van der Waals surface area contributed by atoms with Gasteiger partial charge in [-0.05, 0) is 66.1 Å². The second kappa shape index (κ2) is 10.9. The van der Waals surface area contributed by atoms with Crippen LogP contribution in [0.2, 0.25) is 5.02 Å². The number of hydrogen-bond acceptors (Lipinski definition) is 5. The van der Waals surface area contributed by atoms with Crippen LogP contribution in [-0.2, 0) is 12.8 Å². The zero-order valence-corrected chi connectivity index (χ0v) is 22.8. The third kappa shape index (κ3) is 5.01. The molecule has 3 N–H and O–H groups in total. The quantitative estimate of drug-likeness (QED) is 0.206. The van der Waals surface area contributed by atoms with E-state index in [4.69, 9.17) is 38.0 Å². The Bertz CT molecular complexity index is 1570. The maximum Gasteiger partial charge on any atom is 0.161 e. The van der Waals surface area contributed by atoms with Crippen molar-refractivity contribution >= 4 is 51.1 Å². The van der Waals surface area contributed by atoms with Crippen LogP contribution in [-0.4, -0.2) is 37.8 Å². The Morgan fingerprint density at radius 2 is 1.82 bits per heavy atom. The first kappa shape index (κ1) is 25.9. The molecule has 0 atom stereocenters. The van der Waals surface area contributed by atoms with Gasteiger partial charge in [0.05, 0.1) is 26.4 Å². The van der Waals surface area contributed by atoms with Gasteiger partial charge in [-0.3, -0.25) is 0 Å². The SMILES string of the molecule is COc1ccc2[nH]cc(CCNC3=C(C(=S)Nc4ccc(F)c(Cl)c4)Cc4cc(OC)c(OC)cc43)c2c1. The number of benzene rings is 3. The van der Waals surface area contributed by atoms with Gasteiger partial charge < -0.3 is 29.8 Å². The van der Waals surface area contributed by atoms with Gasteiger partial charge in [-0.15, -0.1) is 0 Å². The topological polar surface area (TPSA) is 67.5 Å². The van der Waals surface area contributed by atoms with Crippen molar-refractivity contribution in [2.75, 3.05) is 33.2 Å². The number of methoxy groups -OCH3 is 3. The molecule has 0 unspecified atom stereocenters. The first-order valence-electron chi connectivity index (χ1n) is 12.0. The molecule has 1 aromatic heterocycles. The Morgan fingerprint density at radius 1 is 1.03 bits per heavy atom. The van der Waals surface area contributed by atoms with Crippen LogP contribution in [0.4, 0.5) is 10.1 Å². The average molecular weight is 552 g/mol. The smallest absolute Gasteiger partial charge is 0.161 e. The largest absolute Gasteiger partial charge is 0.497 e. The van der Waals surface area contributed by atoms with E-state index in [0.717, 1.165) is 45.5 Å². The van der Waals surface area contributed by atoms with E-state index in [2.05, 4.69) is 15.6 Å². The highest BCUT2D eigenvalue weighted by Crippen LogP contribution is 2.40. The summed E-state index contributed by atoms with van der Waals surface area (Å²) in [5.41, 5.74) is 6.77. The molecule has 38 heavy (non-hydrogen) atoms. The Morgan fingerprint density at radius 3 is 2.55 bits per heavy atom. The Labute approximate surface area is 230 Å². The molecule has 9 heteroatoms. The highest BCUT2D eigenvalue weighted by Gasteiger charge is 2.27. The summed E-state index contributed by atoms with van der Waals surface area (Å²) in [4.78, 5) is 3.86. The van der Waals surface area contributed by atoms with Crippen molar-refractivity contribution < 1.29 is 18.6 Å². The molecule has 3 aromatic carbocycles. The van der Waals surface area contributed by atoms with Crippen LogP contribution < -0.4 is 24.8 Å². The lowest BCUT2D eigenvalue weighted by atomic mass is 10.1. The van der Waals surface area contributed by atoms with Crippen molar-refractivity contribution in [3.05, 3.63) is 87.8 Å². The summed E-state index contributed by atoms with van der Waals surface area (Å²) in [7, 11) is 4.90. The molecule has 196 valence electrons. The van der Waals surface area contributed by atoms with E-state index in [1.807, 2.05) is 36.5 Å². The van der Waals surface area contributed by atoms with E-state index in [-0.39, 0.29) is 5.02 Å². The average Bonchev–Trinajstić information content (AvgIpc) is 3.50. The Kier molecular flexibility index (Phi) is 7.44. The minimum atomic E-state index is -0.480. The molecule has 1 heterocycles. The van der Waals surface area contributed by atoms with E-state index >= 15 is 0 Å². The molecule has 1 aliphatic rings. The normalized spacial score (nSPS) is 12.4. The molecule has 6 nitrogen and oxygen atoms in total. The summed E-state index contributed by atoms with van der Waals surface area (Å²) >= 11 is 11.8. The van der Waals surface area contributed by atoms with Crippen molar-refractivity contribution in [2.45, 2.75) is 12.8 Å². The minimum absolute atomic E-state index is 0.0321. The predicted molar refractivity (Wildman–Crippen MR) is 154 cm³/mol. The van der Waals surface area contributed by atoms with Crippen molar-refractivity contribution in [3.63, 3.8) is 0 Å². The minimum Gasteiger partial charge on any atom is -0.497 e. The van der Waals surface area contributed by atoms with Gasteiger partial charge in [0.15, 0.2) is 11.5 Å². The van der Waals surface area contributed by atoms with Gasteiger partial charge in [-0.2, -0.15) is 0 Å². The lowest BCUT2D eigenvalue weighted by Crippen LogP contribution is -2.20. The number of hydrogen-bond donors (Lipinski definition) is 3. The van der Waals surface area contributed by atoms with Crippen molar-refractivity contribution in [1.29, 1.82) is 0 Å². The molecule has 5 rings (SSSR count). The van der Waals surface area contributed by atoms with E-state index in [1.54, 1.807) is 27.4 Å². The molecule has 0 saturated heterocycles. The van der Waals surface area contributed by atoms with Gasteiger partial charge in [0.1, 0.15) is 16.6 Å². The zero-order valence-electron chi connectivity index (χ0n) is 21.2. The maximum atomic E-state index is 13.7. The molecule has 4 aromatic rings. The van der Waals surface area contributed by atoms with Gasteiger partial charge in [0.2, 0.25) is 0 Å². The number of aromatic nitrogens is 1. The molecule has 0 fully saturated rings. The Hall–Kier alpha value is -3.75. The monoisotopic (exact) mass is 551 g/mol. The van der Waals surface area contributed by atoms with Gasteiger partial charge in [0, 0.05) is 52.6 Å². The summed E-state index contributed by atoms with van der Waals surface area (Å²) in [6.07, 6.45) is 3.41. The first-order valence-corrected chi connectivity index (χ1v) is 12.8. The van der Waals surface area contributed by atoms with Gasteiger partial charge in [0.25, 0.3) is 0 Å². The van der Waals surface area contributed by atoms with Crippen LogP contribution in [0.1, 0.15) is 16.7 Å². The molecule has 1 aliphatic carbocycles. The highest BCUT2D eigenvalue weighted by atomic mass is 35.5. The molecular weight excluding hydrogens is 525 g/mol. The van der Waals surface area contributed by atoms with Crippen molar-refractivity contribution in [1.82, 2.24) is 10.3 Å². The standard InChI is InChI=1S/C29H27ClFN3O3S/c1-35-19-5-7-25-20(13-19)16(15-33-25)8-9-32-28-21-14-27(37-3)26(36-2)11-17(21)10-22(28)29(38)34-18-4-6-24(31)23(30)12-18/h4-7,11-15,32-33H,8-10H2,1-3H3,(H,34,38). The fourth-order valence-corrected chi connectivity index (χ4v) is 5.20. The molecule has 0 saturated carbocycles. The van der Waals surface area contributed by atoms with Gasteiger partial charge >= 0.3 is 0 Å². The Balaban J connectivity index is 1.44. The summed E-state index contributed by atoms with van der Waals surface area (Å²) in [5.74, 6) is 1.63. The lowest BCUT2D eigenvalue weighted by molar-refractivity contribution is 0.354. The second-order valence-corrected chi connectivity index (χ2v) is 9.70. The third-order valence-corrected chi connectivity index (χ3v) is 7.31. The summed E-state index contributed by atoms with van der Waals surface area (Å²) in [6, 6.07) is 14.4. The maximum absolute atomic E-state index is 13.7. The fraction of sp³-hybridized carbons (Fsp3) is 0.207. The number of H-pyrrole nitrogens is 1. The molecule has 0 radical (unpaired) electrons. The summed E-state index contributed by atoms with van der Waals surface area (Å²) < 4.78 is 30.2. The molecule has 0 spiro atoms.